The fraction of sp³-hybridized carbons (Fsp3) is 1.00. The van der Waals surface area contributed by atoms with E-state index in [4.69, 9.17) is 11.9 Å². The zero-order valence-electron chi connectivity index (χ0n) is 11.1. The second kappa shape index (κ2) is 6.19. The lowest BCUT2D eigenvalue weighted by Gasteiger charge is -2.39. The van der Waals surface area contributed by atoms with Crippen molar-refractivity contribution in [3.8, 4) is 0 Å². The number of ether oxygens (including phenoxy) is 1. The van der Waals surface area contributed by atoms with E-state index in [0.717, 1.165) is 19.6 Å². The van der Waals surface area contributed by atoms with Gasteiger partial charge in [0, 0.05) is 11.9 Å². The Balaban J connectivity index is 3.77. The molecule has 0 saturated heterocycles. The molecule has 1 atom stereocenters. The molecule has 0 aromatic rings. The van der Waals surface area contributed by atoms with Crippen molar-refractivity contribution in [2.75, 3.05) is 13.2 Å². The van der Waals surface area contributed by atoms with Crippen molar-refractivity contribution < 1.29 is 4.74 Å². The third-order valence-electron chi connectivity index (χ3n) is 3.49. The molecule has 0 saturated carbocycles. The Morgan fingerprint density at radius 2 is 1.73 bits per heavy atom. The Labute approximate surface area is 101 Å². The SMILES string of the molecule is [B]SC(C)COCCC(C)(C)C(C)(C)C. The quantitative estimate of drug-likeness (QED) is 0.506. The Bertz CT molecular complexity index is 175. The number of hydrogen-bond acceptors (Lipinski definition) is 2. The predicted molar refractivity (Wildman–Crippen MR) is 71.5 cm³/mol. The van der Waals surface area contributed by atoms with Gasteiger partial charge >= 0.3 is 0 Å². The minimum absolute atomic E-state index is 0.312. The van der Waals surface area contributed by atoms with E-state index in [0.29, 0.717) is 16.1 Å². The minimum atomic E-state index is 0.312. The number of rotatable bonds is 6. The average molecular weight is 228 g/mol. The van der Waals surface area contributed by atoms with Crippen LogP contribution in [0.1, 0.15) is 48.0 Å². The highest BCUT2D eigenvalue weighted by atomic mass is 32.2. The van der Waals surface area contributed by atoms with Gasteiger partial charge in [0.25, 0.3) is 0 Å². The largest absolute Gasteiger partial charge is 0.380 e. The molecule has 2 radical (unpaired) electrons. The van der Waals surface area contributed by atoms with Gasteiger partial charge in [-0.05, 0) is 17.3 Å². The molecule has 88 valence electrons. The van der Waals surface area contributed by atoms with E-state index in [1.54, 1.807) is 0 Å². The first-order chi connectivity index (χ1) is 6.70. The summed E-state index contributed by atoms with van der Waals surface area (Å²) in [6.45, 7) is 15.1. The van der Waals surface area contributed by atoms with Gasteiger partial charge in [-0.2, -0.15) is 0 Å². The second-order valence-corrected chi connectivity index (χ2v) is 6.98. The molecule has 0 rings (SSSR count). The summed E-state index contributed by atoms with van der Waals surface area (Å²) in [6.07, 6.45) is 1.10. The lowest BCUT2D eigenvalue weighted by molar-refractivity contribution is 0.0546. The molecule has 0 aliphatic heterocycles. The molecule has 0 fully saturated rings. The zero-order valence-corrected chi connectivity index (χ0v) is 11.9. The first-order valence-electron chi connectivity index (χ1n) is 5.64. The summed E-state index contributed by atoms with van der Waals surface area (Å²) in [5, 5.41) is 0.391. The summed E-state index contributed by atoms with van der Waals surface area (Å²) in [5.74, 6) is 0. The van der Waals surface area contributed by atoms with Gasteiger partial charge in [0.2, 0.25) is 0 Å². The smallest absolute Gasteiger partial charge is 0.162 e. The van der Waals surface area contributed by atoms with Gasteiger partial charge in [-0.3, -0.25) is 0 Å². The lowest BCUT2D eigenvalue weighted by Crippen LogP contribution is -2.31. The van der Waals surface area contributed by atoms with Crippen LogP contribution in [-0.2, 0) is 4.74 Å². The Morgan fingerprint density at radius 1 is 1.20 bits per heavy atom. The Morgan fingerprint density at radius 3 is 2.13 bits per heavy atom. The van der Waals surface area contributed by atoms with Crippen LogP contribution >= 0.6 is 11.6 Å². The summed E-state index contributed by atoms with van der Waals surface area (Å²) in [6, 6.07) is 0. The van der Waals surface area contributed by atoms with Crippen LogP contribution in [0.4, 0.5) is 0 Å². The summed E-state index contributed by atoms with van der Waals surface area (Å²) < 4.78 is 5.62. The van der Waals surface area contributed by atoms with Crippen molar-refractivity contribution >= 4 is 18.7 Å². The molecular formula is C12H25BOS. The highest BCUT2D eigenvalue weighted by Crippen LogP contribution is 2.40. The molecule has 0 aliphatic rings. The van der Waals surface area contributed by atoms with E-state index in [-0.39, 0.29) is 0 Å². The van der Waals surface area contributed by atoms with Crippen LogP contribution in [0.5, 0.6) is 0 Å². The van der Waals surface area contributed by atoms with Gasteiger partial charge in [-0.1, -0.05) is 41.5 Å². The van der Waals surface area contributed by atoms with Gasteiger partial charge in [0.1, 0.15) is 0 Å². The second-order valence-electron chi connectivity index (χ2n) is 5.91. The summed E-state index contributed by atoms with van der Waals surface area (Å²) in [4.78, 5) is 0. The van der Waals surface area contributed by atoms with Gasteiger partial charge < -0.3 is 4.74 Å². The number of hydrogen-bond donors (Lipinski definition) is 0. The summed E-state index contributed by atoms with van der Waals surface area (Å²) in [5.41, 5.74) is 0.636. The minimum Gasteiger partial charge on any atom is -0.380 e. The van der Waals surface area contributed by atoms with E-state index < -0.39 is 0 Å². The molecule has 1 unspecified atom stereocenters. The lowest BCUT2D eigenvalue weighted by atomic mass is 9.67. The van der Waals surface area contributed by atoms with Crippen LogP contribution in [0.15, 0.2) is 0 Å². The monoisotopic (exact) mass is 228 g/mol. The van der Waals surface area contributed by atoms with Gasteiger partial charge in [0.15, 0.2) is 7.12 Å². The van der Waals surface area contributed by atoms with Gasteiger partial charge in [-0.15, -0.1) is 0 Å². The van der Waals surface area contributed by atoms with Crippen molar-refractivity contribution in [1.29, 1.82) is 0 Å². The molecule has 1 nitrogen and oxygen atoms in total. The first-order valence-corrected chi connectivity index (χ1v) is 6.58. The van der Waals surface area contributed by atoms with Crippen LogP contribution in [-0.4, -0.2) is 25.6 Å². The third kappa shape index (κ3) is 5.86. The summed E-state index contributed by atoms with van der Waals surface area (Å²) >= 11 is 1.36. The molecule has 0 bridgehead atoms. The highest BCUT2D eigenvalue weighted by molar-refractivity contribution is 8.20. The molecule has 0 amide bonds. The molecule has 15 heavy (non-hydrogen) atoms. The highest BCUT2D eigenvalue weighted by Gasteiger charge is 2.32. The molecule has 0 aromatic carbocycles. The maximum Gasteiger partial charge on any atom is 0.162 e. The third-order valence-corrected chi connectivity index (χ3v) is 4.09. The standard InChI is InChI=1S/C12H25BOS/c1-10(15-13)9-14-8-7-12(5,6)11(2,3)4/h10H,7-9H2,1-6H3. The van der Waals surface area contributed by atoms with E-state index in [1.807, 2.05) is 0 Å². The van der Waals surface area contributed by atoms with E-state index in [2.05, 4.69) is 41.5 Å². The average Bonchev–Trinajstić information content (AvgIpc) is 2.10. The molecule has 3 heteroatoms. The van der Waals surface area contributed by atoms with Gasteiger partial charge in [0.05, 0.1) is 6.61 Å². The van der Waals surface area contributed by atoms with Crippen LogP contribution in [0.2, 0.25) is 0 Å². The van der Waals surface area contributed by atoms with Crippen molar-refractivity contribution in [2.24, 2.45) is 10.8 Å². The van der Waals surface area contributed by atoms with E-state index >= 15 is 0 Å². The Kier molecular flexibility index (Phi) is 6.35. The van der Waals surface area contributed by atoms with Crippen molar-refractivity contribution in [3.63, 3.8) is 0 Å². The molecule has 0 N–H and O–H groups in total. The van der Waals surface area contributed by atoms with Crippen LogP contribution in [0.3, 0.4) is 0 Å². The molecular weight excluding hydrogens is 203 g/mol. The van der Waals surface area contributed by atoms with Crippen LogP contribution < -0.4 is 0 Å². The molecule has 0 heterocycles. The van der Waals surface area contributed by atoms with Crippen molar-refractivity contribution in [1.82, 2.24) is 0 Å². The maximum atomic E-state index is 5.62. The molecule has 0 aromatic heterocycles. The fourth-order valence-electron chi connectivity index (χ4n) is 0.991. The Hall–Kier alpha value is 0.375. The summed E-state index contributed by atoms with van der Waals surface area (Å²) in [7, 11) is 5.45. The van der Waals surface area contributed by atoms with Gasteiger partial charge in [-0.25, -0.2) is 11.6 Å². The van der Waals surface area contributed by atoms with E-state index in [1.165, 1.54) is 11.6 Å². The predicted octanol–water partition coefficient (Wildman–Crippen LogP) is 3.67. The first kappa shape index (κ1) is 15.4. The maximum absolute atomic E-state index is 5.62. The molecule has 0 aliphatic carbocycles. The van der Waals surface area contributed by atoms with Crippen molar-refractivity contribution in [3.05, 3.63) is 0 Å². The molecule has 0 spiro atoms. The fourth-order valence-corrected chi connectivity index (χ4v) is 1.17. The normalized spacial score (nSPS) is 15.3. The van der Waals surface area contributed by atoms with E-state index in [9.17, 15) is 0 Å². The van der Waals surface area contributed by atoms with Crippen LogP contribution in [0.25, 0.3) is 0 Å². The van der Waals surface area contributed by atoms with Crippen molar-refractivity contribution in [2.45, 2.75) is 53.2 Å². The zero-order chi connectivity index (χ0) is 12.1. The topological polar surface area (TPSA) is 9.23 Å². The van der Waals surface area contributed by atoms with Crippen LogP contribution in [0, 0.1) is 10.8 Å².